The van der Waals surface area contributed by atoms with Crippen molar-refractivity contribution < 1.29 is 37.4 Å². The molecule has 1 aliphatic carbocycles. The van der Waals surface area contributed by atoms with Gasteiger partial charge in [0.15, 0.2) is 0 Å². The van der Waals surface area contributed by atoms with Crippen LogP contribution in [0.15, 0.2) is 46.2 Å². The van der Waals surface area contributed by atoms with Gasteiger partial charge in [-0.05, 0) is 43.2 Å². The summed E-state index contributed by atoms with van der Waals surface area (Å²) >= 11 is 15.6. The molecule has 0 unspecified atom stereocenters. The predicted molar refractivity (Wildman–Crippen MR) is 101 cm³/mol. The summed E-state index contributed by atoms with van der Waals surface area (Å²) in [5, 5.41) is 4.35. The number of rotatable bonds is 7. The first-order valence-electron chi connectivity index (χ1n) is 7.57. The van der Waals surface area contributed by atoms with E-state index in [9.17, 15) is 0 Å². The number of thiophene rings is 1. The van der Waals surface area contributed by atoms with Gasteiger partial charge in [-0.15, -0.1) is 5.38 Å². The Hall–Kier alpha value is 0.494. The first-order chi connectivity index (χ1) is 11.2. The first-order valence-corrected chi connectivity index (χ1v) is 10.1. The van der Waals surface area contributed by atoms with E-state index in [2.05, 4.69) is 17.5 Å². The Morgan fingerprint density at radius 2 is 2.04 bits per heavy atom. The van der Waals surface area contributed by atoms with Crippen LogP contribution in [0.2, 0.25) is 10.0 Å². The standard InChI is InChI=1S/C18H17Cl2OS2.Y/c19-15-9-16(20)11-17(10-15)21-12-14-4-1-3-13(14)6-8-23-18-5-2-7-22-18;/h2-3,5,9-11,14H,1,4,6,8,12H2;/q-1;/t14-;/m1./s1. The summed E-state index contributed by atoms with van der Waals surface area (Å²) in [6.07, 6.45) is 5.81. The molecule has 0 fully saturated rings. The van der Waals surface area contributed by atoms with E-state index >= 15 is 0 Å². The zero-order valence-corrected chi connectivity index (χ0v) is 19.1. The average molecular weight is 473 g/mol. The van der Waals surface area contributed by atoms with E-state index in [-0.39, 0.29) is 32.7 Å². The van der Waals surface area contributed by atoms with Gasteiger partial charge in [-0.1, -0.05) is 39.1 Å². The average Bonchev–Trinajstić information content (AvgIpc) is 3.16. The zero-order valence-electron chi connectivity index (χ0n) is 13.1. The molecule has 0 saturated heterocycles. The Morgan fingerprint density at radius 3 is 2.75 bits per heavy atom. The summed E-state index contributed by atoms with van der Waals surface area (Å²) in [7, 11) is 0. The van der Waals surface area contributed by atoms with E-state index in [1.165, 1.54) is 16.2 Å². The van der Waals surface area contributed by atoms with Crippen molar-refractivity contribution in [2.75, 3.05) is 12.4 Å². The molecule has 3 rings (SSSR count). The van der Waals surface area contributed by atoms with E-state index in [4.69, 9.17) is 27.9 Å². The number of hydrogen-bond donors (Lipinski definition) is 0. The third-order valence-corrected chi connectivity index (χ3v) is 6.28. The summed E-state index contributed by atoms with van der Waals surface area (Å²) in [5.41, 5.74) is 1.52. The molecule has 125 valence electrons. The Balaban J connectivity index is 0.00000208. The number of hydrogen-bond acceptors (Lipinski definition) is 3. The number of ether oxygens (including phenoxy) is 1. The van der Waals surface area contributed by atoms with E-state index in [1.807, 2.05) is 30.0 Å². The number of halogens is 2. The van der Waals surface area contributed by atoms with Crippen LogP contribution in [0.25, 0.3) is 0 Å². The van der Waals surface area contributed by atoms with Crippen LogP contribution in [0, 0.1) is 11.3 Å². The molecule has 1 aromatic carbocycles. The fraction of sp³-hybridized carbons (Fsp3) is 0.333. The second-order valence-corrected chi connectivity index (χ2v) is 8.59. The van der Waals surface area contributed by atoms with Gasteiger partial charge >= 0.3 is 0 Å². The van der Waals surface area contributed by atoms with Gasteiger partial charge in [0.25, 0.3) is 0 Å². The number of benzene rings is 1. The number of allylic oxidation sites excluding steroid dienone is 1. The summed E-state index contributed by atoms with van der Waals surface area (Å²) in [5.74, 6) is 2.36. The molecule has 1 aromatic heterocycles. The molecule has 0 saturated carbocycles. The van der Waals surface area contributed by atoms with Gasteiger partial charge in [0, 0.05) is 48.7 Å². The zero-order chi connectivity index (χ0) is 16.1. The van der Waals surface area contributed by atoms with Crippen molar-refractivity contribution in [2.24, 2.45) is 5.92 Å². The van der Waals surface area contributed by atoms with Crippen molar-refractivity contribution in [3.63, 3.8) is 0 Å². The molecule has 24 heavy (non-hydrogen) atoms. The van der Waals surface area contributed by atoms with Crippen molar-refractivity contribution in [1.82, 2.24) is 0 Å². The second kappa shape index (κ2) is 10.6. The third kappa shape index (κ3) is 6.34. The summed E-state index contributed by atoms with van der Waals surface area (Å²) in [4.78, 5) is 0. The van der Waals surface area contributed by atoms with Gasteiger partial charge in [0.2, 0.25) is 0 Å². The monoisotopic (exact) mass is 472 g/mol. The molecule has 2 aromatic rings. The van der Waals surface area contributed by atoms with Crippen LogP contribution in [0.5, 0.6) is 5.75 Å². The SMILES string of the molecule is Clc1cc(Cl)cc(OC[C@H]2CCC=C2CCSc2cc[c-]s2)c1.[Y]. The first kappa shape index (κ1) is 20.8. The third-order valence-electron chi connectivity index (χ3n) is 3.82. The van der Waals surface area contributed by atoms with Crippen LogP contribution in [0.4, 0.5) is 0 Å². The van der Waals surface area contributed by atoms with Crippen LogP contribution in [0.3, 0.4) is 0 Å². The second-order valence-electron chi connectivity index (χ2n) is 5.44. The molecule has 6 heteroatoms. The normalized spacial score (nSPS) is 16.6. The molecule has 1 radical (unpaired) electrons. The van der Waals surface area contributed by atoms with Crippen LogP contribution in [-0.2, 0) is 32.7 Å². The predicted octanol–water partition coefficient (Wildman–Crippen LogP) is 6.75. The van der Waals surface area contributed by atoms with Gasteiger partial charge in [-0.25, -0.2) is 0 Å². The van der Waals surface area contributed by atoms with E-state index in [0.29, 0.717) is 22.6 Å². The smallest absolute Gasteiger partial charge is 0.122 e. The van der Waals surface area contributed by atoms with Gasteiger partial charge in [0.05, 0.1) is 6.61 Å². The molecule has 1 nitrogen and oxygen atoms in total. The van der Waals surface area contributed by atoms with Gasteiger partial charge in [-0.3, -0.25) is 11.3 Å². The molecule has 1 heterocycles. The Bertz CT molecular complexity index is 653. The van der Waals surface area contributed by atoms with E-state index in [1.54, 1.807) is 17.4 Å². The van der Waals surface area contributed by atoms with Crippen LogP contribution in [0.1, 0.15) is 19.3 Å². The molecule has 0 spiro atoms. The maximum Gasteiger partial charge on any atom is 0.122 e. The molecule has 0 N–H and O–H groups in total. The summed E-state index contributed by atoms with van der Waals surface area (Å²) in [6, 6.07) is 9.45. The minimum Gasteiger partial charge on any atom is -0.493 e. The fourth-order valence-corrected chi connectivity index (χ4v) is 4.93. The van der Waals surface area contributed by atoms with Crippen molar-refractivity contribution in [3.8, 4) is 5.75 Å². The minimum absolute atomic E-state index is 0. The molecule has 0 bridgehead atoms. The minimum atomic E-state index is 0. The fourth-order valence-electron chi connectivity index (χ4n) is 2.70. The molecular formula is C18H17Cl2OS2Y-. The Labute approximate surface area is 187 Å². The van der Waals surface area contributed by atoms with Crippen LogP contribution >= 0.6 is 46.3 Å². The molecular weight excluding hydrogens is 456 g/mol. The maximum absolute atomic E-state index is 6.01. The van der Waals surface area contributed by atoms with Crippen molar-refractivity contribution in [1.29, 1.82) is 0 Å². The summed E-state index contributed by atoms with van der Waals surface area (Å²) in [6.45, 7) is 0.694. The maximum atomic E-state index is 6.01. The molecule has 0 amide bonds. The van der Waals surface area contributed by atoms with Gasteiger partial charge in [-0.2, -0.15) is 23.9 Å². The van der Waals surface area contributed by atoms with Gasteiger partial charge in [0.1, 0.15) is 5.75 Å². The summed E-state index contributed by atoms with van der Waals surface area (Å²) < 4.78 is 7.25. The molecule has 1 aliphatic rings. The quantitative estimate of drug-likeness (QED) is 0.250. The van der Waals surface area contributed by atoms with E-state index in [0.717, 1.165) is 24.3 Å². The van der Waals surface area contributed by atoms with Gasteiger partial charge < -0.3 is 4.74 Å². The van der Waals surface area contributed by atoms with E-state index < -0.39 is 0 Å². The molecule has 0 aliphatic heterocycles. The van der Waals surface area contributed by atoms with Crippen LogP contribution < -0.4 is 4.74 Å². The van der Waals surface area contributed by atoms with Crippen molar-refractivity contribution in [3.05, 3.63) is 57.4 Å². The largest absolute Gasteiger partial charge is 0.493 e. The molecule has 1 atom stereocenters. The van der Waals surface area contributed by atoms with Crippen molar-refractivity contribution in [2.45, 2.75) is 23.5 Å². The van der Waals surface area contributed by atoms with Crippen molar-refractivity contribution >= 4 is 46.3 Å². The topological polar surface area (TPSA) is 9.23 Å². The Kier molecular flexibility index (Phi) is 9.18. The van der Waals surface area contributed by atoms with Crippen LogP contribution in [-0.4, -0.2) is 12.4 Å². The number of thioether (sulfide) groups is 1. The Morgan fingerprint density at radius 1 is 1.25 bits per heavy atom.